The van der Waals surface area contributed by atoms with Gasteiger partial charge in [0.25, 0.3) is 0 Å². The standard InChI is InChI=1S/C17H26N2/c1-12-3-5-13(6-4-12)10-19(2)11-16-14-7-8-15(9-14)17(16)18/h3-6,14-17H,7-11,18H2,1-2H3. The van der Waals surface area contributed by atoms with Gasteiger partial charge in [0.05, 0.1) is 0 Å². The summed E-state index contributed by atoms with van der Waals surface area (Å²) in [4.78, 5) is 2.45. The molecule has 4 atom stereocenters. The molecule has 0 aromatic heterocycles. The minimum absolute atomic E-state index is 0.458. The van der Waals surface area contributed by atoms with Crippen LogP contribution in [0.25, 0.3) is 0 Å². The number of benzene rings is 1. The zero-order chi connectivity index (χ0) is 13.4. The Bertz CT molecular complexity index is 423. The third kappa shape index (κ3) is 2.70. The van der Waals surface area contributed by atoms with Crippen molar-refractivity contribution in [3.8, 4) is 0 Å². The lowest BCUT2D eigenvalue weighted by molar-refractivity contribution is 0.194. The van der Waals surface area contributed by atoms with Gasteiger partial charge >= 0.3 is 0 Å². The van der Waals surface area contributed by atoms with Crippen LogP contribution in [0.2, 0.25) is 0 Å². The average Bonchev–Trinajstić information content (AvgIpc) is 2.96. The summed E-state index contributed by atoms with van der Waals surface area (Å²) in [7, 11) is 2.23. The van der Waals surface area contributed by atoms with E-state index in [2.05, 4.69) is 43.1 Å². The zero-order valence-electron chi connectivity index (χ0n) is 12.2. The molecular formula is C17H26N2. The lowest BCUT2D eigenvalue weighted by Gasteiger charge is -2.31. The van der Waals surface area contributed by atoms with Crippen LogP contribution >= 0.6 is 0 Å². The van der Waals surface area contributed by atoms with Gasteiger partial charge in [0.1, 0.15) is 0 Å². The van der Waals surface area contributed by atoms with Crippen LogP contribution in [0.4, 0.5) is 0 Å². The van der Waals surface area contributed by atoms with Crippen molar-refractivity contribution in [1.82, 2.24) is 4.90 Å². The van der Waals surface area contributed by atoms with E-state index in [1.807, 2.05) is 0 Å². The van der Waals surface area contributed by atoms with Crippen molar-refractivity contribution in [3.63, 3.8) is 0 Å². The van der Waals surface area contributed by atoms with Crippen LogP contribution in [0, 0.1) is 24.7 Å². The van der Waals surface area contributed by atoms with Gasteiger partial charge in [-0.1, -0.05) is 29.8 Å². The maximum atomic E-state index is 6.40. The molecular weight excluding hydrogens is 232 g/mol. The molecule has 0 aliphatic heterocycles. The largest absolute Gasteiger partial charge is 0.327 e. The molecule has 2 aliphatic rings. The number of hydrogen-bond donors (Lipinski definition) is 1. The molecule has 2 nitrogen and oxygen atoms in total. The summed E-state index contributed by atoms with van der Waals surface area (Å²) in [6, 6.07) is 9.34. The van der Waals surface area contributed by atoms with E-state index >= 15 is 0 Å². The number of nitrogens with zero attached hydrogens (tertiary/aromatic N) is 1. The molecule has 1 aromatic rings. The summed E-state index contributed by atoms with van der Waals surface area (Å²) in [5, 5.41) is 0. The second kappa shape index (κ2) is 5.26. The summed E-state index contributed by atoms with van der Waals surface area (Å²) in [6.45, 7) is 4.35. The predicted octanol–water partition coefficient (Wildman–Crippen LogP) is 2.80. The molecule has 3 rings (SSSR count). The molecule has 4 unspecified atom stereocenters. The van der Waals surface area contributed by atoms with Gasteiger partial charge in [-0.25, -0.2) is 0 Å². The van der Waals surface area contributed by atoms with Gasteiger partial charge < -0.3 is 10.6 Å². The Morgan fingerprint density at radius 2 is 1.84 bits per heavy atom. The van der Waals surface area contributed by atoms with Gasteiger partial charge in [-0.2, -0.15) is 0 Å². The van der Waals surface area contributed by atoms with Gasteiger partial charge in [-0.3, -0.25) is 0 Å². The smallest absolute Gasteiger partial charge is 0.0230 e. The SMILES string of the molecule is Cc1ccc(CN(C)CC2C3CCC(C3)C2N)cc1. The average molecular weight is 258 g/mol. The summed E-state index contributed by atoms with van der Waals surface area (Å²) >= 11 is 0. The Kier molecular flexibility index (Phi) is 3.64. The Hall–Kier alpha value is -0.860. The molecule has 0 spiro atoms. The number of aryl methyl sites for hydroxylation is 1. The third-order valence-electron chi connectivity index (χ3n) is 5.25. The molecule has 19 heavy (non-hydrogen) atoms. The van der Waals surface area contributed by atoms with Crippen molar-refractivity contribution < 1.29 is 0 Å². The summed E-state index contributed by atoms with van der Waals surface area (Å²) in [5.41, 5.74) is 9.14. The first-order chi connectivity index (χ1) is 9.13. The molecule has 2 heteroatoms. The van der Waals surface area contributed by atoms with Gasteiger partial charge in [-0.05, 0) is 56.6 Å². The molecule has 0 amide bonds. The monoisotopic (exact) mass is 258 g/mol. The molecule has 0 saturated heterocycles. The fraction of sp³-hybridized carbons (Fsp3) is 0.647. The van der Waals surface area contributed by atoms with E-state index in [1.165, 1.54) is 30.4 Å². The van der Waals surface area contributed by atoms with E-state index in [9.17, 15) is 0 Å². The van der Waals surface area contributed by atoms with E-state index < -0.39 is 0 Å². The Labute approximate surface area is 117 Å². The fourth-order valence-corrected chi connectivity index (χ4v) is 4.16. The zero-order valence-corrected chi connectivity index (χ0v) is 12.2. The molecule has 2 bridgehead atoms. The summed E-state index contributed by atoms with van der Waals surface area (Å²) < 4.78 is 0. The highest BCUT2D eigenvalue weighted by Crippen LogP contribution is 2.47. The minimum atomic E-state index is 0.458. The number of rotatable bonds is 4. The maximum absolute atomic E-state index is 6.40. The highest BCUT2D eigenvalue weighted by Gasteiger charge is 2.45. The molecule has 2 N–H and O–H groups in total. The lowest BCUT2D eigenvalue weighted by Crippen LogP contribution is -2.41. The molecule has 0 radical (unpaired) electrons. The van der Waals surface area contributed by atoms with Crippen molar-refractivity contribution in [3.05, 3.63) is 35.4 Å². The highest BCUT2D eigenvalue weighted by atomic mass is 15.1. The van der Waals surface area contributed by atoms with Crippen LogP contribution in [-0.2, 0) is 6.54 Å². The van der Waals surface area contributed by atoms with Crippen molar-refractivity contribution in [2.75, 3.05) is 13.6 Å². The molecule has 1 aromatic carbocycles. The van der Waals surface area contributed by atoms with Crippen LogP contribution in [0.15, 0.2) is 24.3 Å². The normalized spacial score (nSPS) is 33.3. The van der Waals surface area contributed by atoms with Crippen molar-refractivity contribution in [2.24, 2.45) is 23.5 Å². The maximum Gasteiger partial charge on any atom is 0.0230 e. The topological polar surface area (TPSA) is 29.3 Å². The van der Waals surface area contributed by atoms with Gasteiger partial charge in [0.15, 0.2) is 0 Å². The van der Waals surface area contributed by atoms with Crippen LogP contribution in [0.3, 0.4) is 0 Å². The van der Waals surface area contributed by atoms with E-state index in [4.69, 9.17) is 5.73 Å². The fourth-order valence-electron chi connectivity index (χ4n) is 4.16. The van der Waals surface area contributed by atoms with E-state index in [0.29, 0.717) is 6.04 Å². The van der Waals surface area contributed by atoms with Crippen molar-refractivity contribution >= 4 is 0 Å². The minimum Gasteiger partial charge on any atom is -0.327 e. The first kappa shape index (κ1) is 13.1. The number of hydrogen-bond acceptors (Lipinski definition) is 2. The second-order valence-corrected chi connectivity index (χ2v) is 6.76. The van der Waals surface area contributed by atoms with Gasteiger partial charge in [0, 0.05) is 19.1 Å². The predicted molar refractivity (Wildman–Crippen MR) is 79.8 cm³/mol. The van der Waals surface area contributed by atoms with E-state index in [-0.39, 0.29) is 0 Å². The molecule has 0 heterocycles. The molecule has 2 fully saturated rings. The number of fused-ring (bicyclic) bond motifs is 2. The summed E-state index contributed by atoms with van der Waals surface area (Å²) in [5.74, 6) is 2.46. The summed E-state index contributed by atoms with van der Waals surface area (Å²) in [6.07, 6.45) is 4.19. The van der Waals surface area contributed by atoms with Crippen LogP contribution < -0.4 is 5.73 Å². The first-order valence-corrected chi connectivity index (χ1v) is 7.63. The van der Waals surface area contributed by atoms with Gasteiger partial charge in [-0.15, -0.1) is 0 Å². The third-order valence-corrected chi connectivity index (χ3v) is 5.25. The van der Waals surface area contributed by atoms with Crippen molar-refractivity contribution in [1.29, 1.82) is 0 Å². The Morgan fingerprint density at radius 1 is 1.16 bits per heavy atom. The van der Waals surface area contributed by atoms with Crippen LogP contribution in [-0.4, -0.2) is 24.5 Å². The molecule has 2 saturated carbocycles. The van der Waals surface area contributed by atoms with Crippen molar-refractivity contribution in [2.45, 2.75) is 38.8 Å². The highest BCUT2D eigenvalue weighted by molar-refractivity contribution is 5.21. The van der Waals surface area contributed by atoms with Gasteiger partial charge in [0.2, 0.25) is 0 Å². The first-order valence-electron chi connectivity index (χ1n) is 7.63. The quantitative estimate of drug-likeness (QED) is 0.900. The number of nitrogens with two attached hydrogens (primary N) is 1. The van der Waals surface area contributed by atoms with Crippen LogP contribution in [0.1, 0.15) is 30.4 Å². The molecule has 104 valence electrons. The van der Waals surface area contributed by atoms with Crippen LogP contribution in [0.5, 0.6) is 0 Å². The lowest BCUT2D eigenvalue weighted by atomic mass is 9.84. The molecule has 2 aliphatic carbocycles. The second-order valence-electron chi connectivity index (χ2n) is 6.76. The van der Waals surface area contributed by atoms with E-state index in [0.717, 1.165) is 30.8 Å². The Balaban J connectivity index is 1.56. The van der Waals surface area contributed by atoms with E-state index in [1.54, 1.807) is 0 Å². The Morgan fingerprint density at radius 3 is 2.47 bits per heavy atom.